The molecule has 0 spiro atoms. The lowest BCUT2D eigenvalue weighted by Crippen LogP contribution is -2.42. The van der Waals surface area contributed by atoms with Crippen LogP contribution in [0.2, 0.25) is 0 Å². The van der Waals surface area contributed by atoms with Crippen molar-refractivity contribution in [3.8, 4) is 17.2 Å². The second-order valence-electron chi connectivity index (χ2n) is 9.50. The van der Waals surface area contributed by atoms with Gasteiger partial charge in [0.05, 0.1) is 30.6 Å². The molecule has 0 saturated heterocycles. The first-order valence-corrected chi connectivity index (χ1v) is 11.8. The molecule has 0 bridgehead atoms. The Morgan fingerprint density at radius 3 is 2.47 bits per heavy atom. The molecule has 1 amide bonds. The van der Waals surface area contributed by atoms with Crippen molar-refractivity contribution in [3.05, 3.63) is 84.1 Å². The van der Waals surface area contributed by atoms with Gasteiger partial charge in [0.15, 0.2) is 0 Å². The fourth-order valence-electron chi connectivity index (χ4n) is 4.25. The van der Waals surface area contributed by atoms with Gasteiger partial charge in [-0.15, -0.1) is 0 Å². The lowest BCUT2D eigenvalue weighted by molar-refractivity contribution is -0.127. The topological polar surface area (TPSA) is 65.4 Å². The third-order valence-electron chi connectivity index (χ3n) is 6.73. The lowest BCUT2D eigenvalue weighted by atomic mass is 10.00. The normalized spacial score (nSPS) is 15.8. The minimum absolute atomic E-state index is 0.0463. The number of hydrogen-bond donors (Lipinski definition) is 1. The van der Waals surface area contributed by atoms with Gasteiger partial charge in [-0.3, -0.25) is 4.79 Å². The quantitative estimate of drug-likeness (QED) is 0.342. The molecule has 1 aromatic heterocycles. The maximum Gasteiger partial charge on any atom is 0.226 e. The summed E-state index contributed by atoms with van der Waals surface area (Å²) in [6, 6.07) is 15.3. The van der Waals surface area contributed by atoms with Gasteiger partial charge in [-0.1, -0.05) is 6.92 Å². The summed E-state index contributed by atoms with van der Waals surface area (Å²) in [5, 5.41) is 8.29. The fourth-order valence-corrected chi connectivity index (χ4v) is 4.25. The van der Waals surface area contributed by atoms with Crippen LogP contribution in [0.1, 0.15) is 38.4 Å². The number of nitrogens with one attached hydrogen (secondary N) is 1. The fraction of sp³-hybridized carbons (Fsp3) is 0.286. The maximum absolute atomic E-state index is 14.3. The predicted octanol–water partition coefficient (Wildman–Crippen LogP) is 5.74. The van der Waals surface area contributed by atoms with Crippen LogP contribution in [0.3, 0.4) is 0 Å². The number of carbonyl (C=O) groups excluding carboxylic acids is 1. The van der Waals surface area contributed by atoms with Gasteiger partial charge < -0.3 is 14.8 Å². The number of methoxy groups -OCH3 is 1. The smallest absolute Gasteiger partial charge is 0.226 e. The summed E-state index contributed by atoms with van der Waals surface area (Å²) < 4.78 is 41.2. The number of hydrogen-bond acceptors (Lipinski definition) is 4. The van der Waals surface area contributed by atoms with E-state index in [9.17, 15) is 13.6 Å². The second kappa shape index (κ2) is 9.26. The lowest BCUT2D eigenvalue weighted by Gasteiger charge is -2.28. The minimum Gasteiger partial charge on any atom is -0.496 e. The summed E-state index contributed by atoms with van der Waals surface area (Å²) >= 11 is 0. The zero-order valence-electron chi connectivity index (χ0n) is 20.3. The van der Waals surface area contributed by atoms with Crippen molar-refractivity contribution in [1.82, 2.24) is 15.1 Å². The summed E-state index contributed by atoms with van der Waals surface area (Å²) in [5.41, 5.74) is 1.68. The van der Waals surface area contributed by atoms with Crippen molar-refractivity contribution in [2.45, 2.75) is 38.8 Å². The molecule has 8 heteroatoms. The van der Waals surface area contributed by atoms with E-state index < -0.39 is 18.0 Å². The molecule has 36 heavy (non-hydrogen) atoms. The summed E-state index contributed by atoms with van der Waals surface area (Å²) in [4.78, 5) is 12.8. The van der Waals surface area contributed by atoms with Crippen LogP contribution in [0, 0.1) is 17.0 Å². The molecule has 1 aliphatic carbocycles. The highest BCUT2D eigenvalue weighted by Crippen LogP contribution is 2.45. The summed E-state index contributed by atoms with van der Waals surface area (Å²) in [6.45, 7) is 3.77. The molecule has 1 aliphatic rings. The monoisotopic (exact) mass is 491 g/mol. The molecule has 1 fully saturated rings. The van der Waals surface area contributed by atoms with E-state index in [-0.39, 0.29) is 17.1 Å². The van der Waals surface area contributed by atoms with Crippen molar-refractivity contribution in [3.63, 3.8) is 0 Å². The molecule has 186 valence electrons. The van der Waals surface area contributed by atoms with E-state index >= 15 is 0 Å². The zero-order valence-corrected chi connectivity index (χ0v) is 20.3. The first-order chi connectivity index (χ1) is 17.3. The van der Waals surface area contributed by atoms with Crippen LogP contribution in [0.5, 0.6) is 11.5 Å². The Bertz CT molecular complexity index is 1410. The highest BCUT2D eigenvalue weighted by Gasteiger charge is 2.45. The SMILES string of the molecule is COc1ccc(F)cc1[C@H](Oc1ccc2c(cnn2-c2ccc(F)cc2)c1)[C@H](C)NC(=O)C1(C)CC1. The average Bonchev–Trinajstić information content (AvgIpc) is 3.49. The molecule has 4 aromatic rings. The molecular weight excluding hydrogens is 464 g/mol. The number of benzene rings is 3. The van der Waals surface area contributed by atoms with E-state index in [1.54, 1.807) is 35.1 Å². The van der Waals surface area contributed by atoms with Crippen LogP contribution in [-0.2, 0) is 4.79 Å². The van der Waals surface area contributed by atoms with Crippen LogP contribution >= 0.6 is 0 Å². The van der Waals surface area contributed by atoms with Gasteiger partial charge in [-0.2, -0.15) is 5.10 Å². The molecule has 0 radical (unpaired) electrons. The predicted molar refractivity (Wildman–Crippen MR) is 132 cm³/mol. The van der Waals surface area contributed by atoms with Gasteiger partial charge >= 0.3 is 0 Å². The van der Waals surface area contributed by atoms with E-state index in [0.717, 1.165) is 29.4 Å². The number of nitrogens with zero attached hydrogens (tertiary/aromatic N) is 2. The Balaban J connectivity index is 1.47. The van der Waals surface area contributed by atoms with Crippen LogP contribution in [0.4, 0.5) is 8.78 Å². The van der Waals surface area contributed by atoms with Gasteiger partial charge in [-0.05, 0) is 80.4 Å². The Morgan fingerprint density at radius 2 is 1.78 bits per heavy atom. The first kappa shape index (κ1) is 23.8. The Labute approximate surface area is 207 Å². The number of amides is 1. The molecule has 2 atom stereocenters. The first-order valence-electron chi connectivity index (χ1n) is 11.8. The zero-order chi connectivity index (χ0) is 25.4. The summed E-state index contributed by atoms with van der Waals surface area (Å²) in [7, 11) is 1.51. The molecule has 1 saturated carbocycles. The van der Waals surface area contributed by atoms with Gasteiger partial charge in [0.1, 0.15) is 29.2 Å². The van der Waals surface area contributed by atoms with Crippen LogP contribution in [0.15, 0.2) is 66.9 Å². The van der Waals surface area contributed by atoms with Crippen molar-refractivity contribution >= 4 is 16.8 Å². The third-order valence-corrected chi connectivity index (χ3v) is 6.73. The summed E-state index contributed by atoms with van der Waals surface area (Å²) in [6.07, 6.45) is 2.67. The number of aromatic nitrogens is 2. The van der Waals surface area contributed by atoms with Crippen molar-refractivity contribution < 1.29 is 23.0 Å². The molecule has 1 N–H and O–H groups in total. The molecule has 0 unspecified atom stereocenters. The van der Waals surface area contributed by atoms with E-state index in [1.165, 1.54) is 31.4 Å². The molecule has 5 rings (SSSR count). The molecular formula is C28H27F2N3O3. The third kappa shape index (κ3) is 4.63. The highest BCUT2D eigenvalue weighted by atomic mass is 19.1. The number of ether oxygens (including phenoxy) is 2. The van der Waals surface area contributed by atoms with Crippen molar-refractivity contribution in [1.29, 1.82) is 0 Å². The number of rotatable bonds is 8. The summed E-state index contributed by atoms with van der Waals surface area (Å²) in [5.74, 6) is 0.196. The number of halogens is 2. The molecule has 1 heterocycles. The largest absolute Gasteiger partial charge is 0.496 e. The van der Waals surface area contributed by atoms with E-state index in [0.29, 0.717) is 17.1 Å². The van der Waals surface area contributed by atoms with Gasteiger partial charge in [0, 0.05) is 16.4 Å². The average molecular weight is 492 g/mol. The Morgan fingerprint density at radius 1 is 1.06 bits per heavy atom. The van der Waals surface area contributed by atoms with E-state index in [1.807, 2.05) is 26.0 Å². The van der Waals surface area contributed by atoms with Crippen LogP contribution in [0.25, 0.3) is 16.6 Å². The Hall–Kier alpha value is -3.94. The van der Waals surface area contributed by atoms with E-state index in [4.69, 9.17) is 9.47 Å². The van der Waals surface area contributed by atoms with Crippen molar-refractivity contribution in [2.75, 3.05) is 7.11 Å². The highest BCUT2D eigenvalue weighted by molar-refractivity contribution is 5.85. The minimum atomic E-state index is -0.716. The number of carbonyl (C=O) groups is 1. The van der Waals surface area contributed by atoms with Gasteiger partial charge in [-0.25, -0.2) is 13.5 Å². The van der Waals surface area contributed by atoms with E-state index in [2.05, 4.69) is 10.4 Å². The molecule has 0 aliphatic heterocycles. The molecule has 6 nitrogen and oxygen atoms in total. The maximum atomic E-state index is 14.3. The van der Waals surface area contributed by atoms with Gasteiger partial charge in [0.25, 0.3) is 0 Å². The number of fused-ring (bicyclic) bond motifs is 1. The Kier molecular flexibility index (Phi) is 6.12. The van der Waals surface area contributed by atoms with Crippen LogP contribution < -0.4 is 14.8 Å². The van der Waals surface area contributed by atoms with Crippen molar-refractivity contribution in [2.24, 2.45) is 5.41 Å². The van der Waals surface area contributed by atoms with Gasteiger partial charge in [0.2, 0.25) is 5.91 Å². The second-order valence-corrected chi connectivity index (χ2v) is 9.50. The standard InChI is InChI=1S/C28H27F2N3O3/c1-17(32-27(34)28(2)12-13-28)26(23-15-20(30)6-11-25(23)35-3)36-22-9-10-24-18(14-22)16-31-33(24)21-7-4-19(29)5-8-21/h4-11,14-17,26H,12-13H2,1-3H3,(H,32,34)/t17-,26+/m0/s1. The van der Waals surface area contributed by atoms with Crippen LogP contribution in [-0.4, -0.2) is 28.8 Å². The molecule has 3 aromatic carbocycles.